The Morgan fingerprint density at radius 2 is 1.71 bits per heavy atom. The van der Waals surface area contributed by atoms with Crippen molar-refractivity contribution >= 4 is 35.0 Å². The van der Waals surface area contributed by atoms with Gasteiger partial charge in [0.25, 0.3) is 11.8 Å². The SMILES string of the molecule is Cc1n[nH]cc1-c1ccc(-c2cnc(C(=O)Nc3ccc(C(=O)N4CCN(C(=O)CC[C@@H](O)CN(C)C)CC4)c(Cl)c3)n2C)c(F)c1F. The molecule has 2 aromatic carbocycles. The first-order valence-electron chi connectivity index (χ1n) is 15.4. The highest BCUT2D eigenvalue weighted by atomic mass is 35.5. The molecule has 1 aliphatic rings. The molecule has 0 radical (unpaired) electrons. The summed E-state index contributed by atoms with van der Waals surface area (Å²) in [6.07, 6.45) is 2.79. The summed E-state index contributed by atoms with van der Waals surface area (Å²) in [5, 5.41) is 19.4. The summed E-state index contributed by atoms with van der Waals surface area (Å²) in [4.78, 5) is 48.3. The number of H-pyrrole nitrogens is 1. The summed E-state index contributed by atoms with van der Waals surface area (Å²) in [5.74, 6) is -3.18. The van der Waals surface area contributed by atoms with Gasteiger partial charge in [0.05, 0.1) is 34.3 Å². The number of aliphatic hydroxyl groups excluding tert-OH is 1. The molecule has 1 atom stereocenters. The Balaban J connectivity index is 1.20. The summed E-state index contributed by atoms with van der Waals surface area (Å²) in [5.41, 5.74) is 1.68. The lowest BCUT2D eigenvalue weighted by atomic mass is 10.0. The van der Waals surface area contributed by atoms with E-state index >= 15 is 8.78 Å². The molecule has 48 heavy (non-hydrogen) atoms. The molecule has 12 nitrogen and oxygen atoms in total. The fourth-order valence-corrected chi connectivity index (χ4v) is 5.96. The molecule has 3 amide bonds. The van der Waals surface area contributed by atoms with E-state index in [1.54, 1.807) is 16.7 Å². The summed E-state index contributed by atoms with van der Waals surface area (Å²) in [6.45, 7) is 3.56. The van der Waals surface area contributed by atoms with Crippen molar-refractivity contribution in [2.24, 2.45) is 7.05 Å². The lowest BCUT2D eigenvalue weighted by Crippen LogP contribution is -2.50. The number of aliphatic hydroxyl groups is 1. The predicted octanol–water partition coefficient (Wildman–Crippen LogP) is 3.96. The van der Waals surface area contributed by atoms with Gasteiger partial charge in [-0.25, -0.2) is 13.8 Å². The number of nitrogens with zero attached hydrogens (tertiary/aromatic N) is 6. The number of hydrogen-bond acceptors (Lipinski definition) is 7. The van der Waals surface area contributed by atoms with Crippen molar-refractivity contribution < 1.29 is 28.3 Å². The molecule has 4 aromatic rings. The summed E-state index contributed by atoms with van der Waals surface area (Å²) in [6, 6.07) is 7.36. The van der Waals surface area contributed by atoms with Crippen molar-refractivity contribution in [1.29, 1.82) is 0 Å². The van der Waals surface area contributed by atoms with Crippen LogP contribution >= 0.6 is 11.6 Å². The first-order chi connectivity index (χ1) is 22.8. The minimum atomic E-state index is -1.08. The Bertz CT molecular complexity index is 1830. The maximum atomic E-state index is 15.2. The molecule has 0 bridgehead atoms. The van der Waals surface area contributed by atoms with Crippen LogP contribution in [0.4, 0.5) is 14.5 Å². The van der Waals surface area contributed by atoms with Gasteiger partial charge in [-0.15, -0.1) is 0 Å². The topological polar surface area (TPSA) is 140 Å². The minimum Gasteiger partial charge on any atom is -0.392 e. The van der Waals surface area contributed by atoms with E-state index in [2.05, 4.69) is 20.5 Å². The zero-order valence-corrected chi connectivity index (χ0v) is 27.8. The molecular formula is C33H37ClF2N8O4. The Kier molecular flexibility index (Phi) is 10.6. The Hall–Kier alpha value is -4.66. The second kappa shape index (κ2) is 14.6. The first kappa shape index (κ1) is 34.7. The number of imidazole rings is 1. The molecule has 1 saturated heterocycles. The smallest absolute Gasteiger partial charge is 0.291 e. The van der Waals surface area contributed by atoms with Crippen LogP contribution in [0.3, 0.4) is 0 Å². The molecule has 0 saturated carbocycles. The fraction of sp³-hybridized carbons (Fsp3) is 0.364. The molecule has 0 spiro atoms. The normalized spacial score (nSPS) is 14.0. The number of hydrogen-bond donors (Lipinski definition) is 3. The number of halogens is 3. The number of carbonyl (C=O) groups is 3. The van der Waals surface area contributed by atoms with Gasteiger partial charge >= 0.3 is 0 Å². The highest BCUT2D eigenvalue weighted by Crippen LogP contribution is 2.32. The molecule has 1 aliphatic heterocycles. The van der Waals surface area contributed by atoms with E-state index in [9.17, 15) is 19.5 Å². The van der Waals surface area contributed by atoms with Gasteiger partial charge in [0.1, 0.15) is 0 Å². The minimum absolute atomic E-state index is 0.0574. The third-order valence-electron chi connectivity index (χ3n) is 8.31. The maximum absolute atomic E-state index is 15.2. The van der Waals surface area contributed by atoms with Gasteiger partial charge in [0.15, 0.2) is 17.5 Å². The number of rotatable bonds is 10. The molecule has 2 aromatic heterocycles. The number of likely N-dealkylation sites (N-methyl/N-ethyl adjacent to an activating group) is 1. The van der Waals surface area contributed by atoms with Crippen LogP contribution in [0.25, 0.3) is 22.4 Å². The summed E-state index contributed by atoms with van der Waals surface area (Å²) < 4.78 is 31.6. The van der Waals surface area contributed by atoms with E-state index in [0.29, 0.717) is 56.1 Å². The number of aryl methyl sites for hydroxylation is 1. The average molecular weight is 683 g/mol. The second-order valence-electron chi connectivity index (χ2n) is 12.0. The van der Waals surface area contributed by atoms with E-state index in [4.69, 9.17) is 11.6 Å². The number of amides is 3. The predicted molar refractivity (Wildman–Crippen MR) is 177 cm³/mol. The molecule has 3 heterocycles. The van der Waals surface area contributed by atoms with Gasteiger partial charge in [0, 0.05) is 74.8 Å². The number of carbonyl (C=O) groups excluding carboxylic acids is 3. The third-order valence-corrected chi connectivity index (χ3v) is 8.63. The van der Waals surface area contributed by atoms with E-state index in [1.807, 2.05) is 19.0 Å². The lowest BCUT2D eigenvalue weighted by Gasteiger charge is -2.35. The van der Waals surface area contributed by atoms with Crippen molar-refractivity contribution in [2.75, 3.05) is 52.1 Å². The zero-order chi connectivity index (χ0) is 34.7. The van der Waals surface area contributed by atoms with Gasteiger partial charge in [-0.1, -0.05) is 17.7 Å². The fourth-order valence-electron chi connectivity index (χ4n) is 5.70. The van der Waals surface area contributed by atoms with E-state index in [1.165, 1.54) is 54.3 Å². The first-order valence-corrected chi connectivity index (χ1v) is 15.7. The number of benzene rings is 2. The van der Waals surface area contributed by atoms with Crippen molar-refractivity contribution in [3.05, 3.63) is 76.5 Å². The molecular weight excluding hydrogens is 646 g/mol. The third kappa shape index (κ3) is 7.40. The summed E-state index contributed by atoms with van der Waals surface area (Å²) >= 11 is 6.47. The monoisotopic (exact) mass is 682 g/mol. The highest BCUT2D eigenvalue weighted by Gasteiger charge is 2.27. The Labute approximate surface area is 281 Å². The zero-order valence-electron chi connectivity index (χ0n) is 27.1. The van der Waals surface area contributed by atoms with Crippen molar-refractivity contribution in [3.8, 4) is 22.4 Å². The number of nitrogens with one attached hydrogen (secondary N) is 2. The molecule has 254 valence electrons. The number of anilines is 1. The largest absolute Gasteiger partial charge is 0.392 e. The molecule has 5 rings (SSSR count). The van der Waals surface area contributed by atoms with Gasteiger partial charge in [-0.05, 0) is 51.7 Å². The number of aromatic nitrogens is 4. The van der Waals surface area contributed by atoms with Gasteiger partial charge in [-0.3, -0.25) is 19.5 Å². The lowest BCUT2D eigenvalue weighted by molar-refractivity contribution is -0.133. The van der Waals surface area contributed by atoms with Crippen LogP contribution in [0.5, 0.6) is 0 Å². The van der Waals surface area contributed by atoms with Crippen molar-refractivity contribution in [1.82, 2.24) is 34.4 Å². The van der Waals surface area contributed by atoms with E-state index in [-0.39, 0.29) is 51.5 Å². The summed E-state index contributed by atoms with van der Waals surface area (Å²) in [7, 11) is 5.23. The second-order valence-corrected chi connectivity index (χ2v) is 12.4. The standard InChI is InChI=1S/C33H37ClF2N8O4/c1-19-25(16-38-40-19)22-8-9-24(30(36)29(22)35)27-17-37-31(42(27)4)32(47)39-20-5-7-23(26(34)15-20)33(48)44-13-11-43(12-14-44)28(46)10-6-21(45)18-41(2)3/h5,7-9,15-17,21,45H,6,10-14,18H2,1-4H3,(H,38,40)(H,39,47)/t21-/m1/s1. The highest BCUT2D eigenvalue weighted by molar-refractivity contribution is 6.34. The quantitative estimate of drug-likeness (QED) is 0.230. The number of piperazine rings is 1. The Morgan fingerprint density at radius 3 is 2.35 bits per heavy atom. The van der Waals surface area contributed by atoms with E-state index < -0.39 is 23.6 Å². The average Bonchev–Trinajstić information content (AvgIpc) is 3.65. The number of aromatic amines is 1. The van der Waals surface area contributed by atoms with Crippen molar-refractivity contribution in [3.63, 3.8) is 0 Å². The maximum Gasteiger partial charge on any atom is 0.291 e. The van der Waals surface area contributed by atoms with Gasteiger partial charge in [-0.2, -0.15) is 5.10 Å². The molecule has 0 aliphatic carbocycles. The van der Waals surface area contributed by atoms with Crippen molar-refractivity contribution in [2.45, 2.75) is 25.9 Å². The molecule has 3 N–H and O–H groups in total. The van der Waals surface area contributed by atoms with Crippen LogP contribution in [0.1, 0.15) is 39.5 Å². The van der Waals surface area contributed by atoms with Gasteiger partial charge < -0.3 is 29.7 Å². The molecule has 15 heteroatoms. The molecule has 0 unspecified atom stereocenters. The van der Waals surface area contributed by atoms with Crippen LogP contribution in [0.15, 0.2) is 42.7 Å². The van der Waals surface area contributed by atoms with Crippen LogP contribution in [0, 0.1) is 18.6 Å². The molecule has 1 fully saturated rings. The van der Waals surface area contributed by atoms with Gasteiger partial charge in [0.2, 0.25) is 5.91 Å². The van der Waals surface area contributed by atoms with E-state index in [0.717, 1.165) is 0 Å². The van der Waals surface area contributed by atoms with Crippen LogP contribution < -0.4 is 5.32 Å². The van der Waals surface area contributed by atoms with Crippen LogP contribution in [-0.2, 0) is 11.8 Å². The van der Waals surface area contributed by atoms with Crippen LogP contribution in [-0.4, -0.2) is 110 Å². The Morgan fingerprint density at radius 1 is 1.04 bits per heavy atom. The van der Waals surface area contributed by atoms with Crippen LogP contribution in [0.2, 0.25) is 5.02 Å².